The highest BCUT2D eigenvalue weighted by Gasteiger charge is 2.27. The second kappa shape index (κ2) is 7.19. The summed E-state index contributed by atoms with van der Waals surface area (Å²) in [4.78, 5) is 21.4. The number of carboxylic acid groups (broad SMARTS) is 2. The van der Waals surface area contributed by atoms with Crippen molar-refractivity contribution in [2.24, 2.45) is 0 Å². The molecule has 0 saturated carbocycles. The van der Waals surface area contributed by atoms with Gasteiger partial charge in [-0.25, -0.2) is 13.1 Å². The summed E-state index contributed by atoms with van der Waals surface area (Å²) in [6, 6.07) is 7.22. The molecule has 3 N–H and O–H groups in total. The van der Waals surface area contributed by atoms with Crippen molar-refractivity contribution in [1.82, 2.24) is 4.72 Å². The van der Waals surface area contributed by atoms with E-state index in [0.29, 0.717) is 0 Å². The first-order valence-corrected chi connectivity index (χ1v) is 7.86. The molecule has 1 unspecified atom stereocenters. The van der Waals surface area contributed by atoms with Gasteiger partial charge in [0.2, 0.25) is 10.0 Å². The van der Waals surface area contributed by atoms with Crippen LogP contribution in [0.5, 0.6) is 0 Å². The van der Waals surface area contributed by atoms with Crippen LogP contribution in [0.25, 0.3) is 0 Å². The number of rotatable bonds is 8. The third kappa shape index (κ3) is 5.92. The van der Waals surface area contributed by atoms with Crippen molar-refractivity contribution in [2.45, 2.75) is 25.3 Å². The highest BCUT2D eigenvalue weighted by atomic mass is 32.2. The monoisotopic (exact) mass is 315 g/mol. The summed E-state index contributed by atoms with van der Waals surface area (Å²) in [5, 5.41) is 17.4. The van der Waals surface area contributed by atoms with E-state index in [1.54, 1.807) is 37.3 Å². The second-order valence-electron chi connectivity index (χ2n) is 4.70. The fraction of sp³-hybridized carbons (Fsp3) is 0.385. The minimum atomic E-state index is -3.91. The molecule has 0 bridgehead atoms. The van der Waals surface area contributed by atoms with Crippen molar-refractivity contribution in [2.75, 3.05) is 5.75 Å². The maximum atomic E-state index is 11.9. The molecule has 21 heavy (non-hydrogen) atoms. The number of hydrogen-bond acceptors (Lipinski definition) is 4. The molecule has 0 aliphatic rings. The van der Waals surface area contributed by atoms with E-state index in [2.05, 4.69) is 0 Å². The molecule has 0 heterocycles. The van der Waals surface area contributed by atoms with Crippen LogP contribution in [-0.2, 0) is 19.6 Å². The Bertz CT molecular complexity index is 598. The number of nitrogens with one attached hydrogen (secondary N) is 1. The minimum Gasteiger partial charge on any atom is -0.481 e. The molecule has 0 saturated heterocycles. The Hall–Kier alpha value is -1.93. The van der Waals surface area contributed by atoms with Crippen molar-refractivity contribution in [3.05, 3.63) is 35.9 Å². The smallest absolute Gasteiger partial charge is 0.322 e. The molecule has 0 amide bonds. The van der Waals surface area contributed by atoms with Gasteiger partial charge in [0.25, 0.3) is 0 Å². The van der Waals surface area contributed by atoms with Gasteiger partial charge in [-0.3, -0.25) is 9.59 Å². The van der Waals surface area contributed by atoms with Gasteiger partial charge in [-0.05, 0) is 11.5 Å². The van der Waals surface area contributed by atoms with Crippen LogP contribution in [-0.4, -0.2) is 42.4 Å². The van der Waals surface area contributed by atoms with E-state index in [-0.39, 0.29) is 11.7 Å². The summed E-state index contributed by atoms with van der Waals surface area (Å²) in [6.45, 7) is 1.70. The highest BCUT2D eigenvalue weighted by Crippen LogP contribution is 2.16. The number of aliphatic carboxylic acids is 2. The molecule has 0 spiro atoms. The lowest BCUT2D eigenvalue weighted by atomic mass is 10.0. The summed E-state index contributed by atoms with van der Waals surface area (Å²) in [5.41, 5.74) is 0.799. The molecular weight excluding hydrogens is 298 g/mol. The molecule has 0 aliphatic heterocycles. The molecule has 0 radical (unpaired) electrons. The zero-order valence-electron chi connectivity index (χ0n) is 11.4. The van der Waals surface area contributed by atoms with E-state index in [0.717, 1.165) is 5.56 Å². The molecule has 0 fully saturated rings. The van der Waals surface area contributed by atoms with Crippen molar-refractivity contribution in [3.8, 4) is 0 Å². The number of carbonyl (C=O) groups is 2. The van der Waals surface area contributed by atoms with Gasteiger partial charge in [0.05, 0.1) is 12.2 Å². The van der Waals surface area contributed by atoms with Crippen LogP contribution in [0, 0.1) is 0 Å². The van der Waals surface area contributed by atoms with E-state index in [9.17, 15) is 18.0 Å². The minimum absolute atomic E-state index is 0.319. The standard InChI is InChI=1S/C13H17NO6S/c1-9(10-5-3-2-4-6-10)8-21(19,20)14-11(13(17)18)7-12(15)16/h2-6,9,11,14H,7-8H2,1H3,(H,15,16)(H,17,18)/t9?,11-/m0/s1. The summed E-state index contributed by atoms with van der Waals surface area (Å²) in [5.74, 6) is -3.57. The molecule has 116 valence electrons. The molecule has 0 aromatic heterocycles. The van der Waals surface area contributed by atoms with Crippen molar-refractivity contribution in [1.29, 1.82) is 0 Å². The van der Waals surface area contributed by atoms with Gasteiger partial charge in [0, 0.05) is 0 Å². The SMILES string of the molecule is CC(CS(=O)(=O)N[C@@H](CC(=O)O)C(=O)O)c1ccccc1. The third-order valence-corrected chi connectivity index (χ3v) is 4.42. The van der Waals surface area contributed by atoms with Crippen LogP contribution < -0.4 is 4.72 Å². The van der Waals surface area contributed by atoms with Gasteiger partial charge < -0.3 is 10.2 Å². The first-order valence-electron chi connectivity index (χ1n) is 6.21. The van der Waals surface area contributed by atoms with Crippen LogP contribution in [0.4, 0.5) is 0 Å². The predicted octanol–water partition coefficient (Wildman–Crippen LogP) is 0.637. The highest BCUT2D eigenvalue weighted by molar-refractivity contribution is 7.89. The normalized spacial score (nSPS) is 14.3. The van der Waals surface area contributed by atoms with Crippen LogP contribution in [0.15, 0.2) is 30.3 Å². The molecule has 0 aliphatic carbocycles. The second-order valence-corrected chi connectivity index (χ2v) is 6.50. The molecule has 1 aromatic rings. The van der Waals surface area contributed by atoms with Gasteiger partial charge >= 0.3 is 11.9 Å². The Kier molecular flexibility index (Phi) is 5.86. The van der Waals surface area contributed by atoms with Gasteiger partial charge in [-0.15, -0.1) is 0 Å². The Balaban J connectivity index is 2.76. The summed E-state index contributed by atoms with van der Waals surface area (Å²) >= 11 is 0. The maximum absolute atomic E-state index is 11.9. The summed E-state index contributed by atoms with van der Waals surface area (Å²) in [7, 11) is -3.91. The summed E-state index contributed by atoms with van der Waals surface area (Å²) in [6.07, 6.45) is -0.811. The fourth-order valence-electron chi connectivity index (χ4n) is 1.83. The zero-order chi connectivity index (χ0) is 16.0. The Morgan fingerprint density at radius 3 is 2.24 bits per heavy atom. The lowest BCUT2D eigenvalue weighted by Gasteiger charge is -2.16. The maximum Gasteiger partial charge on any atom is 0.322 e. The van der Waals surface area contributed by atoms with Gasteiger partial charge in [-0.2, -0.15) is 0 Å². The van der Waals surface area contributed by atoms with E-state index >= 15 is 0 Å². The van der Waals surface area contributed by atoms with E-state index in [1.807, 2.05) is 4.72 Å². The average Bonchev–Trinajstić information content (AvgIpc) is 2.37. The van der Waals surface area contributed by atoms with Gasteiger partial charge in [-0.1, -0.05) is 37.3 Å². The van der Waals surface area contributed by atoms with Crippen molar-refractivity contribution >= 4 is 22.0 Å². The van der Waals surface area contributed by atoms with Crippen molar-refractivity contribution < 1.29 is 28.2 Å². The number of sulfonamides is 1. The van der Waals surface area contributed by atoms with E-state index in [1.165, 1.54) is 0 Å². The molecular formula is C13H17NO6S. The van der Waals surface area contributed by atoms with Crippen LogP contribution >= 0.6 is 0 Å². The molecule has 1 rings (SSSR count). The lowest BCUT2D eigenvalue weighted by Crippen LogP contribution is -2.43. The zero-order valence-corrected chi connectivity index (χ0v) is 12.2. The third-order valence-electron chi connectivity index (χ3n) is 2.84. The van der Waals surface area contributed by atoms with Crippen molar-refractivity contribution in [3.63, 3.8) is 0 Å². The van der Waals surface area contributed by atoms with Crippen LogP contribution in [0.2, 0.25) is 0 Å². The van der Waals surface area contributed by atoms with Gasteiger partial charge in [0.15, 0.2) is 0 Å². The molecule has 1 aromatic carbocycles. The lowest BCUT2D eigenvalue weighted by molar-refractivity contribution is -0.145. The Labute approximate surface area is 122 Å². The molecule has 7 nitrogen and oxygen atoms in total. The summed E-state index contributed by atoms with van der Waals surface area (Å²) < 4.78 is 25.8. The number of benzene rings is 1. The average molecular weight is 315 g/mol. The first-order chi connectivity index (χ1) is 9.71. The fourth-order valence-corrected chi connectivity index (χ4v) is 3.39. The quantitative estimate of drug-likeness (QED) is 0.647. The number of hydrogen-bond donors (Lipinski definition) is 3. The molecule has 2 atom stereocenters. The van der Waals surface area contributed by atoms with Crippen LogP contribution in [0.1, 0.15) is 24.8 Å². The Morgan fingerprint density at radius 1 is 1.19 bits per heavy atom. The Morgan fingerprint density at radius 2 is 1.76 bits per heavy atom. The van der Waals surface area contributed by atoms with Gasteiger partial charge in [0.1, 0.15) is 6.04 Å². The first kappa shape index (κ1) is 17.1. The van der Waals surface area contributed by atoms with E-state index < -0.39 is 34.4 Å². The topological polar surface area (TPSA) is 121 Å². The largest absolute Gasteiger partial charge is 0.481 e. The van der Waals surface area contributed by atoms with Crippen LogP contribution in [0.3, 0.4) is 0 Å². The molecule has 8 heteroatoms. The van der Waals surface area contributed by atoms with E-state index in [4.69, 9.17) is 10.2 Å². The number of carboxylic acids is 2. The predicted molar refractivity (Wildman–Crippen MR) is 75.5 cm³/mol.